The zero-order valence-corrected chi connectivity index (χ0v) is 21.6. The first kappa shape index (κ1) is 24.6. The van der Waals surface area contributed by atoms with E-state index in [-0.39, 0.29) is 12.1 Å². The molecule has 0 bridgehead atoms. The van der Waals surface area contributed by atoms with Gasteiger partial charge in [0.1, 0.15) is 0 Å². The van der Waals surface area contributed by atoms with Crippen LogP contribution in [0.25, 0.3) is 0 Å². The van der Waals surface area contributed by atoms with Crippen LogP contribution in [0.1, 0.15) is 16.7 Å². The van der Waals surface area contributed by atoms with Gasteiger partial charge in [0.05, 0.1) is 16.7 Å². The van der Waals surface area contributed by atoms with Crippen molar-refractivity contribution in [3.63, 3.8) is 0 Å². The van der Waals surface area contributed by atoms with Crippen molar-refractivity contribution >= 4 is 40.6 Å². The van der Waals surface area contributed by atoms with Gasteiger partial charge in [-0.25, -0.2) is 9.69 Å². The highest BCUT2D eigenvalue weighted by Crippen LogP contribution is 2.47. The summed E-state index contributed by atoms with van der Waals surface area (Å²) in [6.07, 6.45) is -0.0623. The van der Waals surface area contributed by atoms with Crippen molar-refractivity contribution < 1.29 is 19.3 Å². The van der Waals surface area contributed by atoms with Crippen LogP contribution in [0.2, 0.25) is 0 Å². The number of non-ortho nitro benzene ring substituents is 1. The molecule has 3 aliphatic rings. The Hall–Kier alpha value is -4.73. The molecule has 6 rings (SSSR count). The summed E-state index contributed by atoms with van der Waals surface area (Å²) in [5.74, 6) is -1.30. The van der Waals surface area contributed by atoms with Crippen LogP contribution >= 0.6 is 0 Å². The molecule has 198 valence electrons. The fourth-order valence-electron chi connectivity index (χ4n) is 6.27. The molecule has 10 heteroatoms. The van der Waals surface area contributed by atoms with E-state index in [1.54, 1.807) is 12.1 Å². The molecular weight excluding hydrogens is 498 g/mol. The number of hydrogen-bond donors (Lipinski definition) is 1. The number of nitro groups is 1. The van der Waals surface area contributed by atoms with Gasteiger partial charge in [-0.2, -0.15) is 0 Å². The SMILES string of the molecule is Cc1ccc(N2C(=O)NC(=O)[C@]3(Cc4cc([N+](=O)[O-])ccc4N4CCN(c5ccccc5)C[C@@H]43)C2=O)c(C)c1. The maximum Gasteiger partial charge on any atom is 0.335 e. The van der Waals surface area contributed by atoms with Crippen molar-refractivity contribution in [3.05, 3.63) is 93.5 Å². The molecular formula is C29H27N5O5. The van der Waals surface area contributed by atoms with Crippen molar-refractivity contribution in [2.75, 3.05) is 34.3 Å². The second-order valence-electron chi connectivity index (χ2n) is 10.4. The predicted molar refractivity (Wildman–Crippen MR) is 146 cm³/mol. The van der Waals surface area contributed by atoms with E-state index in [2.05, 4.69) is 10.2 Å². The number of amides is 4. The van der Waals surface area contributed by atoms with E-state index in [0.717, 1.165) is 27.4 Å². The smallest absolute Gasteiger partial charge is 0.335 e. The van der Waals surface area contributed by atoms with Crippen LogP contribution in [-0.4, -0.2) is 48.4 Å². The van der Waals surface area contributed by atoms with Gasteiger partial charge in [0.2, 0.25) is 5.91 Å². The molecule has 2 atom stereocenters. The van der Waals surface area contributed by atoms with Gasteiger partial charge in [0.25, 0.3) is 11.6 Å². The molecule has 2 saturated heterocycles. The monoisotopic (exact) mass is 525 g/mol. The third kappa shape index (κ3) is 3.74. The van der Waals surface area contributed by atoms with E-state index < -0.39 is 34.2 Å². The molecule has 39 heavy (non-hydrogen) atoms. The Balaban J connectivity index is 1.52. The van der Waals surface area contributed by atoms with Crippen LogP contribution in [-0.2, 0) is 16.0 Å². The molecule has 0 aromatic heterocycles. The third-order valence-corrected chi connectivity index (χ3v) is 8.13. The number of anilines is 3. The van der Waals surface area contributed by atoms with Crippen LogP contribution in [0.5, 0.6) is 0 Å². The number of urea groups is 1. The van der Waals surface area contributed by atoms with Gasteiger partial charge >= 0.3 is 6.03 Å². The summed E-state index contributed by atoms with van der Waals surface area (Å²) < 4.78 is 0. The number of nitrogens with zero attached hydrogens (tertiary/aromatic N) is 4. The zero-order valence-electron chi connectivity index (χ0n) is 21.6. The minimum absolute atomic E-state index is 0.0623. The molecule has 3 heterocycles. The topological polar surface area (TPSA) is 116 Å². The zero-order chi connectivity index (χ0) is 27.5. The number of carbonyl (C=O) groups is 3. The Morgan fingerprint density at radius 2 is 1.69 bits per heavy atom. The van der Waals surface area contributed by atoms with Gasteiger partial charge in [0, 0.05) is 49.6 Å². The molecule has 4 amide bonds. The van der Waals surface area contributed by atoms with Crippen molar-refractivity contribution in [2.45, 2.75) is 26.3 Å². The standard InChI is InChI=1S/C29H27N5O5/c1-18-8-10-23(19(2)14-18)33-27(36)29(26(35)30-28(33)37)16-20-15-22(34(38)39)9-11-24(20)32-13-12-31(17-25(29)32)21-6-4-3-5-7-21/h3-11,14-15,25H,12-13,16-17H2,1-2H3,(H,30,35,37)/t25-,29-/m1/s1. The lowest BCUT2D eigenvalue weighted by Crippen LogP contribution is -2.75. The van der Waals surface area contributed by atoms with Crippen molar-refractivity contribution in [1.29, 1.82) is 0 Å². The second-order valence-corrected chi connectivity index (χ2v) is 10.4. The third-order valence-electron chi connectivity index (χ3n) is 8.13. The number of nitrogens with one attached hydrogen (secondary N) is 1. The van der Waals surface area contributed by atoms with Gasteiger partial charge in [-0.3, -0.25) is 25.0 Å². The van der Waals surface area contributed by atoms with E-state index in [9.17, 15) is 24.5 Å². The summed E-state index contributed by atoms with van der Waals surface area (Å²) in [5.41, 5.74) is 2.57. The molecule has 3 aromatic carbocycles. The summed E-state index contributed by atoms with van der Waals surface area (Å²) in [5, 5.41) is 14.1. The normalized spacial score (nSPS) is 22.5. The molecule has 0 aliphatic carbocycles. The second kappa shape index (κ2) is 8.93. The van der Waals surface area contributed by atoms with Crippen LogP contribution in [0, 0.1) is 29.4 Å². The fourth-order valence-corrected chi connectivity index (χ4v) is 6.27. The van der Waals surface area contributed by atoms with Gasteiger partial charge in [0.15, 0.2) is 5.41 Å². The molecule has 0 radical (unpaired) electrons. The molecule has 0 saturated carbocycles. The highest BCUT2D eigenvalue weighted by Gasteiger charge is 2.63. The first-order valence-electron chi connectivity index (χ1n) is 12.8. The van der Waals surface area contributed by atoms with Gasteiger partial charge < -0.3 is 9.80 Å². The highest BCUT2D eigenvalue weighted by atomic mass is 16.6. The number of piperazine rings is 1. The number of aryl methyl sites for hydroxylation is 2. The van der Waals surface area contributed by atoms with E-state index in [4.69, 9.17) is 0 Å². The number of carbonyl (C=O) groups excluding carboxylic acids is 3. The molecule has 3 aliphatic heterocycles. The van der Waals surface area contributed by atoms with Crippen LogP contribution in [0.3, 0.4) is 0 Å². The van der Waals surface area contributed by atoms with Crippen LogP contribution in [0.15, 0.2) is 66.7 Å². The summed E-state index contributed by atoms with van der Waals surface area (Å²) in [6.45, 7) is 5.21. The van der Waals surface area contributed by atoms with Crippen LogP contribution < -0.4 is 20.0 Å². The van der Waals surface area contributed by atoms with Gasteiger partial charge in [-0.1, -0.05) is 35.9 Å². The average molecular weight is 526 g/mol. The minimum Gasteiger partial charge on any atom is -0.368 e. The Kier molecular flexibility index (Phi) is 5.64. The van der Waals surface area contributed by atoms with E-state index >= 15 is 0 Å². The van der Waals surface area contributed by atoms with E-state index in [1.807, 2.05) is 61.2 Å². The van der Waals surface area contributed by atoms with Gasteiger partial charge in [-0.05, 0) is 49.2 Å². The number of imide groups is 2. The van der Waals surface area contributed by atoms with Crippen molar-refractivity contribution in [1.82, 2.24) is 5.32 Å². The lowest BCUT2D eigenvalue weighted by atomic mass is 9.67. The van der Waals surface area contributed by atoms with Crippen LogP contribution in [0.4, 0.5) is 27.5 Å². The van der Waals surface area contributed by atoms with E-state index in [1.165, 1.54) is 12.1 Å². The van der Waals surface area contributed by atoms with Crippen molar-refractivity contribution in [3.8, 4) is 0 Å². The molecule has 3 aromatic rings. The summed E-state index contributed by atoms with van der Waals surface area (Å²) >= 11 is 0. The minimum atomic E-state index is -1.68. The predicted octanol–water partition coefficient (Wildman–Crippen LogP) is 3.73. The Morgan fingerprint density at radius 1 is 0.949 bits per heavy atom. The largest absolute Gasteiger partial charge is 0.368 e. The number of para-hydroxylation sites is 1. The highest BCUT2D eigenvalue weighted by molar-refractivity contribution is 6.31. The molecule has 1 N–H and O–H groups in total. The maximum atomic E-state index is 14.6. The number of rotatable bonds is 3. The Morgan fingerprint density at radius 3 is 2.41 bits per heavy atom. The average Bonchev–Trinajstić information content (AvgIpc) is 2.92. The molecule has 1 spiro atoms. The first-order chi connectivity index (χ1) is 18.7. The number of nitro benzene ring substituents is 1. The quantitative estimate of drug-likeness (QED) is 0.315. The maximum absolute atomic E-state index is 14.6. The first-order valence-corrected chi connectivity index (χ1v) is 12.8. The summed E-state index contributed by atoms with van der Waals surface area (Å²) in [7, 11) is 0. The lowest BCUT2D eigenvalue weighted by molar-refractivity contribution is -0.384. The number of hydrogen-bond acceptors (Lipinski definition) is 7. The molecule has 10 nitrogen and oxygen atoms in total. The lowest BCUT2D eigenvalue weighted by Gasteiger charge is -2.55. The Labute approximate surface area is 225 Å². The molecule has 2 fully saturated rings. The number of fused-ring (bicyclic) bond motifs is 4. The Bertz CT molecular complexity index is 1540. The summed E-state index contributed by atoms with van der Waals surface area (Å²) in [6, 6.07) is 18.3. The fraction of sp³-hybridized carbons (Fsp3) is 0.276. The van der Waals surface area contributed by atoms with E-state index in [0.29, 0.717) is 30.9 Å². The molecule has 0 unspecified atom stereocenters. The number of benzene rings is 3. The number of barbiturate groups is 1. The van der Waals surface area contributed by atoms with Crippen molar-refractivity contribution in [2.24, 2.45) is 5.41 Å². The van der Waals surface area contributed by atoms with Gasteiger partial charge in [-0.15, -0.1) is 0 Å². The summed E-state index contributed by atoms with van der Waals surface area (Å²) in [4.78, 5) is 57.9.